The molecule has 2 aromatic carbocycles. The van der Waals surface area contributed by atoms with E-state index in [0.29, 0.717) is 12.1 Å². The number of phenolic OH excluding ortho intramolecular Hbond substituents is 2. The largest absolute Gasteiger partial charge is 0.504 e. The predicted octanol–water partition coefficient (Wildman–Crippen LogP) is 2.00. The van der Waals surface area contributed by atoms with Crippen LogP contribution in [-0.2, 0) is 20.7 Å². The van der Waals surface area contributed by atoms with Crippen LogP contribution >= 0.6 is 0 Å². The van der Waals surface area contributed by atoms with Crippen molar-refractivity contribution in [2.75, 3.05) is 20.2 Å². The lowest BCUT2D eigenvalue weighted by Gasteiger charge is -2.18. The number of benzene rings is 2. The summed E-state index contributed by atoms with van der Waals surface area (Å²) in [5.74, 6) is -3.00. The van der Waals surface area contributed by atoms with Crippen LogP contribution in [0.4, 0.5) is 0 Å². The number of carboxylic acids is 1. The molecular formula is C20H23NO7. The molecule has 0 radical (unpaired) electrons. The number of phenols is 2. The van der Waals surface area contributed by atoms with E-state index >= 15 is 0 Å². The van der Waals surface area contributed by atoms with Crippen LogP contribution < -0.4 is 10.1 Å². The van der Waals surface area contributed by atoms with Crippen molar-refractivity contribution in [3.05, 3.63) is 53.6 Å². The van der Waals surface area contributed by atoms with Crippen molar-refractivity contribution < 1.29 is 34.4 Å². The number of aromatic hydroxyl groups is 2. The van der Waals surface area contributed by atoms with E-state index in [1.807, 2.05) is 24.3 Å². The Bertz CT molecular complexity index is 805. The summed E-state index contributed by atoms with van der Waals surface area (Å²) in [6, 6.07) is 11.7. The number of carbonyl (C=O) groups is 2. The van der Waals surface area contributed by atoms with Gasteiger partial charge >= 0.3 is 11.9 Å². The average molecular weight is 389 g/mol. The highest BCUT2D eigenvalue weighted by molar-refractivity contribution is 6.28. The molecule has 0 bridgehead atoms. The molecule has 2 rings (SSSR count). The van der Waals surface area contributed by atoms with Gasteiger partial charge in [0.15, 0.2) is 11.5 Å². The summed E-state index contributed by atoms with van der Waals surface area (Å²) >= 11 is 0. The molecule has 0 aliphatic heterocycles. The van der Waals surface area contributed by atoms with Gasteiger partial charge in [0.2, 0.25) is 0 Å². The summed E-state index contributed by atoms with van der Waals surface area (Å²) in [7, 11) is 1.61. The molecule has 28 heavy (non-hydrogen) atoms. The van der Waals surface area contributed by atoms with Gasteiger partial charge in [0.1, 0.15) is 11.9 Å². The molecule has 4 N–H and O–H groups in total. The van der Waals surface area contributed by atoms with Crippen molar-refractivity contribution >= 4 is 11.9 Å². The standard InChI is InChI=1S/C20H23NO7/c1-27-15-7-4-13(5-8-15)3-2-10-21-12-18(28-20(26)19(24)25)14-6-9-16(22)17(23)11-14/h4-9,11,18,21-23H,2-3,10,12H2,1H3,(H,24,25). The molecule has 0 fully saturated rings. The van der Waals surface area contributed by atoms with Crippen LogP contribution in [0.1, 0.15) is 23.7 Å². The van der Waals surface area contributed by atoms with Gasteiger partial charge in [-0.15, -0.1) is 0 Å². The fourth-order valence-electron chi connectivity index (χ4n) is 2.59. The molecule has 150 valence electrons. The van der Waals surface area contributed by atoms with E-state index < -0.39 is 18.0 Å². The van der Waals surface area contributed by atoms with Crippen LogP contribution in [-0.4, -0.2) is 47.5 Å². The number of ether oxygens (including phenoxy) is 2. The van der Waals surface area contributed by atoms with E-state index in [1.54, 1.807) is 7.11 Å². The summed E-state index contributed by atoms with van der Waals surface area (Å²) in [4.78, 5) is 22.2. The molecule has 0 heterocycles. The maximum Gasteiger partial charge on any atom is 0.417 e. The molecule has 0 spiro atoms. The molecule has 8 nitrogen and oxygen atoms in total. The Morgan fingerprint density at radius 2 is 1.79 bits per heavy atom. The van der Waals surface area contributed by atoms with Crippen LogP contribution in [0.25, 0.3) is 0 Å². The second kappa shape index (κ2) is 10.2. The van der Waals surface area contributed by atoms with E-state index in [4.69, 9.17) is 14.6 Å². The van der Waals surface area contributed by atoms with E-state index in [-0.39, 0.29) is 18.0 Å². The van der Waals surface area contributed by atoms with E-state index in [2.05, 4.69) is 5.32 Å². The number of carboxylic acid groups (broad SMARTS) is 1. The first-order chi connectivity index (χ1) is 13.4. The second-order valence-electron chi connectivity index (χ2n) is 6.10. The van der Waals surface area contributed by atoms with Gasteiger partial charge in [0.05, 0.1) is 7.11 Å². The maximum absolute atomic E-state index is 11.4. The Morgan fingerprint density at radius 1 is 1.07 bits per heavy atom. The van der Waals surface area contributed by atoms with Gasteiger partial charge in [-0.05, 0) is 54.8 Å². The van der Waals surface area contributed by atoms with Crippen molar-refractivity contribution in [3.8, 4) is 17.2 Å². The normalized spacial score (nSPS) is 11.6. The van der Waals surface area contributed by atoms with Crippen molar-refractivity contribution in [3.63, 3.8) is 0 Å². The summed E-state index contributed by atoms with van der Waals surface area (Å²) in [5.41, 5.74) is 1.52. The van der Waals surface area contributed by atoms with Gasteiger partial charge in [0, 0.05) is 6.54 Å². The van der Waals surface area contributed by atoms with E-state index in [1.165, 1.54) is 18.2 Å². The zero-order valence-corrected chi connectivity index (χ0v) is 15.4. The van der Waals surface area contributed by atoms with Crippen molar-refractivity contribution in [1.29, 1.82) is 0 Å². The molecule has 0 amide bonds. The van der Waals surface area contributed by atoms with E-state index in [9.17, 15) is 19.8 Å². The second-order valence-corrected chi connectivity index (χ2v) is 6.10. The van der Waals surface area contributed by atoms with Crippen molar-refractivity contribution in [1.82, 2.24) is 5.32 Å². The van der Waals surface area contributed by atoms with Crippen LogP contribution in [0.15, 0.2) is 42.5 Å². The topological polar surface area (TPSA) is 125 Å². The first kappa shape index (κ1) is 21.0. The number of rotatable bonds is 9. The summed E-state index contributed by atoms with van der Waals surface area (Å²) in [6.45, 7) is 0.767. The summed E-state index contributed by atoms with van der Waals surface area (Å²) in [6.07, 6.45) is 0.722. The fourth-order valence-corrected chi connectivity index (χ4v) is 2.59. The Morgan fingerprint density at radius 3 is 2.39 bits per heavy atom. The predicted molar refractivity (Wildman–Crippen MR) is 100 cm³/mol. The molecule has 1 atom stereocenters. The molecule has 8 heteroatoms. The number of esters is 1. The number of carbonyl (C=O) groups excluding carboxylic acids is 1. The van der Waals surface area contributed by atoms with Gasteiger partial charge in [-0.2, -0.15) is 0 Å². The lowest BCUT2D eigenvalue weighted by molar-refractivity contribution is -0.167. The van der Waals surface area contributed by atoms with Gasteiger partial charge in [-0.3, -0.25) is 0 Å². The Balaban J connectivity index is 1.89. The maximum atomic E-state index is 11.4. The molecule has 0 saturated carbocycles. The molecule has 0 aromatic heterocycles. The monoisotopic (exact) mass is 389 g/mol. The molecule has 0 aliphatic rings. The third kappa shape index (κ3) is 6.17. The molecule has 0 aliphatic carbocycles. The molecular weight excluding hydrogens is 366 g/mol. The van der Waals surface area contributed by atoms with E-state index in [0.717, 1.165) is 24.2 Å². The highest BCUT2D eigenvalue weighted by Crippen LogP contribution is 2.29. The smallest absolute Gasteiger partial charge is 0.417 e. The Labute approximate surface area is 162 Å². The summed E-state index contributed by atoms with van der Waals surface area (Å²) in [5, 5.41) is 30.9. The number of aryl methyl sites for hydroxylation is 1. The number of aliphatic carboxylic acids is 1. The number of hydrogen-bond acceptors (Lipinski definition) is 7. The van der Waals surface area contributed by atoms with Gasteiger partial charge in [0.25, 0.3) is 0 Å². The SMILES string of the molecule is COc1ccc(CCCNCC(OC(=O)C(=O)O)c2ccc(O)c(O)c2)cc1. The first-order valence-electron chi connectivity index (χ1n) is 8.70. The first-order valence-corrected chi connectivity index (χ1v) is 8.70. The number of nitrogens with one attached hydrogen (secondary N) is 1. The van der Waals surface area contributed by atoms with Gasteiger partial charge < -0.3 is 30.1 Å². The Hall–Kier alpha value is -3.26. The molecule has 2 aromatic rings. The highest BCUT2D eigenvalue weighted by Gasteiger charge is 2.22. The zero-order chi connectivity index (χ0) is 20.5. The quantitative estimate of drug-likeness (QED) is 0.222. The van der Waals surface area contributed by atoms with Crippen LogP contribution in [0.5, 0.6) is 17.2 Å². The lowest BCUT2D eigenvalue weighted by Crippen LogP contribution is -2.28. The molecule has 1 unspecified atom stereocenters. The third-order valence-electron chi connectivity index (χ3n) is 4.10. The number of methoxy groups -OCH3 is 1. The zero-order valence-electron chi connectivity index (χ0n) is 15.4. The third-order valence-corrected chi connectivity index (χ3v) is 4.10. The minimum atomic E-state index is -1.70. The van der Waals surface area contributed by atoms with Gasteiger partial charge in [-0.1, -0.05) is 18.2 Å². The van der Waals surface area contributed by atoms with Crippen LogP contribution in [0.2, 0.25) is 0 Å². The number of hydrogen-bond donors (Lipinski definition) is 4. The minimum absolute atomic E-state index is 0.159. The lowest BCUT2D eigenvalue weighted by atomic mass is 10.1. The molecule has 0 saturated heterocycles. The van der Waals surface area contributed by atoms with Gasteiger partial charge in [-0.25, -0.2) is 9.59 Å². The van der Waals surface area contributed by atoms with Crippen molar-refractivity contribution in [2.45, 2.75) is 18.9 Å². The fraction of sp³-hybridized carbons (Fsp3) is 0.300. The van der Waals surface area contributed by atoms with Crippen LogP contribution in [0.3, 0.4) is 0 Å². The van der Waals surface area contributed by atoms with Crippen molar-refractivity contribution in [2.24, 2.45) is 0 Å². The average Bonchev–Trinajstić information content (AvgIpc) is 2.69. The Kier molecular flexibility index (Phi) is 7.65. The highest BCUT2D eigenvalue weighted by atomic mass is 16.6. The minimum Gasteiger partial charge on any atom is -0.504 e. The van der Waals surface area contributed by atoms with Crippen LogP contribution in [0, 0.1) is 0 Å². The summed E-state index contributed by atoms with van der Waals surface area (Å²) < 4.78 is 10.1.